The van der Waals surface area contributed by atoms with Crippen LogP contribution >= 0.6 is 11.6 Å². The van der Waals surface area contributed by atoms with Crippen LogP contribution in [0.25, 0.3) is 0 Å². The first-order chi connectivity index (χ1) is 31.8. The van der Waals surface area contributed by atoms with Gasteiger partial charge in [0.2, 0.25) is 29.5 Å². The number of carbonyl (C=O) groups excluding carboxylic acids is 8. The van der Waals surface area contributed by atoms with Crippen LogP contribution in [0.5, 0.6) is 0 Å². The predicted molar refractivity (Wildman–Crippen MR) is 244 cm³/mol. The highest BCUT2D eigenvalue weighted by molar-refractivity contribution is 6.30. The van der Waals surface area contributed by atoms with E-state index in [1.165, 1.54) is 40.7 Å². The molecule has 0 bridgehead atoms. The molecule has 364 valence electrons. The minimum atomic E-state index is -1.61. The first-order valence-corrected chi connectivity index (χ1v) is 23.2. The molecule has 1 unspecified atom stereocenters. The zero-order valence-corrected chi connectivity index (χ0v) is 39.6. The number of aryl methyl sites for hydroxylation is 1. The van der Waals surface area contributed by atoms with Crippen LogP contribution in [0.15, 0.2) is 42.5 Å². The number of benzene rings is 2. The van der Waals surface area contributed by atoms with Crippen LogP contribution < -0.4 is 21.3 Å². The molecule has 4 saturated heterocycles. The number of rotatable bonds is 11. The lowest BCUT2D eigenvalue weighted by atomic mass is 9.94. The number of hydrogen-bond donors (Lipinski definition) is 4. The van der Waals surface area contributed by atoms with Gasteiger partial charge in [0.25, 0.3) is 0 Å². The van der Waals surface area contributed by atoms with Crippen LogP contribution in [-0.2, 0) is 49.5 Å². The molecule has 20 heteroatoms. The van der Waals surface area contributed by atoms with Gasteiger partial charge in [0.1, 0.15) is 54.0 Å². The van der Waals surface area contributed by atoms with Crippen LogP contribution in [0.3, 0.4) is 0 Å². The molecule has 0 spiro atoms. The second kappa shape index (κ2) is 22.0. The summed E-state index contributed by atoms with van der Waals surface area (Å²) in [7, 11) is 3.60. The molecule has 9 atom stereocenters. The number of esters is 1. The van der Waals surface area contributed by atoms with Crippen LogP contribution in [0.2, 0.25) is 5.02 Å². The summed E-state index contributed by atoms with van der Waals surface area (Å²) in [4.78, 5) is 119. The summed E-state index contributed by atoms with van der Waals surface area (Å²) in [5.41, 5.74) is -0.231. The summed E-state index contributed by atoms with van der Waals surface area (Å²) in [6.45, 7) is 6.81. The summed E-state index contributed by atoms with van der Waals surface area (Å²) in [5.74, 6) is -4.89. The van der Waals surface area contributed by atoms with Crippen LogP contribution in [-0.4, -0.2) is 162 Å². The van der Waals surface area contributed by atoms with Crippen molar-refractivity contribution in [3.05, 3.63) is 64.4 Å². The number of nitrogens with one attached hydrogen (secondary N) is 4. The van der Waals surface area contributed by atoms with Crippen molar-refractivity contribution < 1.29 is 52.2 Å². The smallest absolute Gasteiger partial charge is 0.319 e. The highest BCUT2D eigenvalue weighted by Gasteiger charge is 2.52. The molecule has 0 radical (unpaired) electrons. The largest absolute Gasteiger partial charge is 0.460 e. The molecule has 67 heavy (non-hydrogen) atoms. The number of halogens is 2. The second-order valence-corrected chi connectivity index (χ2v) is 19.1. The lowest BCUT2D eigenvalue weighted by Gasteiger charge is -2.41. The number of ether oxygens (including phenoxy) is 2. The number of urea groups is 1. The van der Waals surface area contributed by atoms with Crippen molar-refractivity contribution in [3.8, 4) is 0 Å². The number of nitrogens with zero attached hydrogens (tertiary/aromatic N) is 4. The Bertz CT molecular complexity index is 2220. The van der Waals surface area contributed by atoms with Crippen molar-refractivity contribution in [3.63, 3.8) is 0 Å². The van der Waals surface area contributed by atoms with E-state index in [9.17, 15) is 38.0 Å². The maximum absolute atomic E-state index is 15.3. The number of fused-ring (bicyclic) bond motifs is 3. The molecule has 0 aromatic heterocycles. The Morgan fingerprint density at radius 3 is 2.48 bits per heavy atom. The van der Waals surface area contributed by atoms with Crippen molar-refractivity contribution in [2.45, 2.75) is 121 Å². The molecule has 4 heterocycles. The number of anilines is 1. The zero-order valence-electron chi connectivity index (χ0n) is 38.9. The van der Waals surface area contributed by atoms with E-state index in [1.807, 2.05) is 26.0 Å². The van der Waals surface area contributed by atoms with Gasteiger partial charge in [0.15, 0.2) is 0 Å². The van der Waals surface area contributed by atoms with Crippen LogP contribution in [0, 0.1) is 18.7 Å². The maximum Gasteiger partial charge on any atom is 0.319 e. The number of hydrogen-bond acceptors (Lipinski definition) is 11. The topological polar surface area (TPSA) is 216 Å². The maximum atomic E-state index is 15.3. The van der Waals surface area contributed by atoms with Gasteiger partial charge in [0.05, 0.1) is 31.4 Å². The number of carbonyl (C=O) groups is 8. The summed E-state index contributed by atoms with van der Waals surface area (Å²) >= 11 is 5.92. The predicted octanol–water partition coefficient (Wildman–Crippen LogP) is 2.58. The van der Waals surface area contributed by atoms with Gasteiger partial charge in [0, 0.05) is 37.5 Å². The van der Waals surface area contributed by atoms with Gasteiger partial charge in [-0.05, 0) is 90.2 Å². The minimum Gasteiger partial charge on any atom is -0.460 e. The lowest BCUT2D eigenvalue weighted by Crippen LogP contribution is -2.64. The van der Waals surface area contributed by atoms with Gasteiger partial charge < -0.3 is 55.1 Å². The highest BCUT2D eigenvalue weighted by atomic mass is 35.5. The summed E-state index contributed by atoms with van der Waals surface area (Å²) in [6, 6.07) is 3.53. The highest BCUT2D eigenvalue weighted by Crippen LogP contribution is 2.34. The first kappa shape index (κ1) is 50.7. The van der Waals surface area contributed by atoms with Gasteiger partial charge in [-0.2, -0.15) is 0 Å². The Balaban J connectivity index is 1.39. The average molecular weight is 954 g/mol. The van der Waals surface area contributed by atoms with E-state index in [4.69, 9.17) is 21.1 Å². The molecule has 0 saturated carbocycles. The van der Waals surface area contributed by atoms with Crippen molar-refractivity contribution in [2.24, 2.45) is 5.92 Å². The normalized spacial score (nSPS) is 27.7. The Morgan fingerprint density at radius 2 is 1.78 bits per heavy atom. The number of piperidine rings is 1. The Morgan fingerprint density at radius 1 is 1.01 bits per heavy atom. The molecule has 0 aliphatic carbocycles. The van der Waals surface area contributed by atoms with Crippen molar-refractivity contribution >= 4 is 65.1 Å². The lowest BCUT2D eigenvalue weighted by molar-refractivity contribution is -0.155. The zero-order chi connectivity index (χ0) is 48.7. The number of aldehydes is 1. The van der Waals surface area contributed by atoms with Crippen molar-refractivity contribution in [1.29, 1.82) is 0 Å². The Hall–Kier alpha value is -5.66. The fraction of sp³-hybridized carbons (Fsp3) is 0.574. The van der Waals surface area contributed by atoms with Gasteiger partial charge in [-0.15, -0.1) is 0 Å². The molecule has 18 nitrogen and oxygen atoms in total. The SMILES string of the molecule is Cc1cccc(C[C@H](NC(=O)Nc2ccc(Cl)cc2F)C(=O)N[C@@H]2C(=O)N3C[C@H](OC(=O)CCN(C)C)C[C@H]3C(=O)N3CCCC[C@H]3C(=O)N[C@@H](C)C(=O)N3C[C@H](C)CC3(C=O)CO[C@H]2C)c1. The molecule has 2 aromatic rings. The third-order valence-electron chi connectivity index (χ3n) is 12.9. The van der Waals surface area contributed by atoms with Gasteiger partial charge in [-0.3, -0.25) is 28.8 Å². The van der Waals surface area contributed by atoms with E-state index in [1.54, 1.807) is 31.1 Å². The van der Waals surface area contributed by atoms with E-state index < -0.39 is 102 Å². The monoisotopic (exact) mass is 952 g/mol. The molecular weight excluding hydrogens is 891 g/mol. The van der Waals surface area contributed by atoms with Crippen LogP contribution in [0.1, 0.15) is 70.4 Å². The van der Waals surface area contributed by atoms with E-state index in [0.29, 0.717) is 31.2 Å². The molecule has 7 amide bonds. The van der Waals surface area contributed by atoms with Crippen molar-refractivity contribution in [2.75, 3.05) is 52.2 Å². The molecular formula is C47H62ClFN8O10. The van der Waals surface area contributed by atoms with Gasteiger partial charge >= 0.3 is 12.0 Å². The third-order valence-corrected chi connectivity index (χ3v) is 13.1. The fourth-order valence-electron chi connectivity index (χ4n) is 9.42. The summed E-state index contributed by atoms with van der Waals surface area (Å²) < 4.78 is 27.0. The summed E-state index contributed by atoms with van der Waals surface area (Å²) in [6.07, 6.45) is -0.0982. The van der Waals surface area contributed by atoms with Gasteiger partial charge in [-0.1, -0.05) is 48.4 Å². The quantitative estimate of drug-likeness (QED) is 0.190. The van der Waals surface area contributed by atoms with E-state index >= 15 is 4.79 Å². The van der Waals surface area contributed by atoms with Gasteiger partial charge in [-0.25, -0.2) is 9.18 Å². The van der Waals surface area contributed by atoms with E-state index in [2.05, 4.69) is 21.3 Å². The van der Waals surface area contributed by atoms with E-state index in [0.717, 1.165) is 11.6 Å². The third kappa shape index (κ3) is 12.3. The second-order valence-electron chi connectivity index (χ2n) is 18.6. The first-order valence-electron chi connectivity index (χ1n) is 22.8. The van der Waals surface area contributed by atoms with Crippen molar-refractivity contribution in [1.82, 2.24) is 35.6 Å². The fourth-order valence-corrected chi connectivity index (χ4v) is 9.58. The molecule has 4 aliphatic heterocycles. The molecule has 4 N–H and O–H groups in total. The summed E-state index contributed by atoms with van der Waals surface area (Å²) in [5, 5.41) is 10.7. The minimum absolute atomic E-state index is 0.0343. The number of amides is 7. The molecule has 4 fully saturated rings. The molecule has 2 aromatic carbocycles. The van der Waals surface area contributed by atoms with Crippen LogP contribution in [0.4, 0.5) is 14.9 Å². The average Bonchev–Trinajstić information content (AvgIpc) is 3.86. The molecule has 4 aliphatic rings. The molecule has 6 rings (SSSR count). The Labute approximate surface area is 394 Å². The van der Waals surface area contributed by atoms with E-state index in [-0.39, 0.29) is 68.4 Å². The Kier molecular flexibility index (Phi) is 16.6. The standard InChI is InChI=1S/C47H62ClFN8O10/c1-27-10-9-11-31(18-27)19-36(52-46(65)51-35-14-13-32(48)20-34(35)49)41(60)53-40-30(4)66-26-47(25-58)22-28(2)23-57(47)43(62)29(3)50-42(61)37-12-7-8-16-55(37)44(63)38-21-33(24-56(38)45(40)64)67-39(59)15-17-54(5)6/h9-11,13-14,18,20,25,28-30,33,36-38,40H,7-8,12,15-17,19,21-24,26H2,1-6H3,(H,50,61)(H,53,60)(H2,51,52,65)/t28-,29+,30+,33-,36+,37+,38+,40+,47?/m1/s1.